The number of morpholine rings is 1. The van der Waals surface area contributed by atoms with Crippen molar-refractivity contribution < 1.29 is 4.74 Å². The minimum Gasteiger partial charge on any atom is -0.367 e. The van der Waals surface area contributed by atoms with E-state index in [1.165, 1.54) is 38.8 Å². The second-order valence-electron chi connectivity index (χ2n) is 7.29. The van der Waals surface area contributed by atoms with Gasteiger partial charge in [0.15, 0.2) is 0 Å². The van der Waals surface area contributed by atoms with Gasteiger partial charge < -0.3 is 10.1 Å². The van der Waals surface area contributed by atoms with Crippen LogP contribution in [0.1, 0.15) is 53.4 Å². The second-order valence-corrected chi connectivity index (χ2v) is 7.29. The van der Waals surface area contributed by atoms with Crippen molar-refractivity contribution in [2.45, 2.75) is 70.6 Å². The fourth-order valence-corrected chi connectivity index (χ4v) is 3.64. The normalized spacial score (nSPS) is 33.0. The summed E-state index contributed by atoms with van der Waals surface area (Å²) in [6.07, 6.45) is 5.45. The summed E-state index contributed by atoms with van der Waals surface area (Å²) in [6, 6.07) is 0.678. The first-order valence-electron chi connectivity index (χ1n) is 7.52. The molecule has 3 heteroatoms. The Kier molecular flexibility index (Phi) is 4.35. The summed E-state index contributed by atoms with van der Waals surface area (Å²) in [5.74, 6) is 0. The molecule has 0 aliphatic carbocycles. The van der Waals surface area contributed by atoms with Crippen LogP contribution in [0, 0.1) is 0 Å². The molecule has 2 rings (SSSR count). The molecule has 2 aliphatic rings. The Morgan fingerprint density at radius 1 is 1.06 bits per heavy atom. The highest BCUT2D eigenvalue weighted by atomic mass is 16.5. The number of rotatable bonds is 2. The molecule has 2 aliphatic heterocycles. The number of hydrogen-bond donors (Lipinski definition) is 1. The lowest BCUT2D eigenvalue weighted by Crippen LogP contribution is -2.59. The van der Waals surface area contributed by atoms with Gasteiger partial charge in [-0.3, -0.25) is 4.90 Å². The number of ether oxygens (including phenoxy) is 1. The number of nitrogens with zero attached hydrogens (tertiary/aromatic N) is 1. The summed E-state index contributed by atoms with van der Waals surface area (Å²) in [5.41, 5.74) is -0.0427. The van der Waals surface area contributed by atoms with Crippen molar-refractivity contribution in [3.05, 3.63) is 0 Å². The highest BCUT2D eigenvalue weighted by Crippen LogP contribution is 2.28. The lowest BCUT2D eigenvalue weighted by Gasteiger charge is -2.48. The Morgan fingerprint density at radius 2 is 1.72 bits per heavy atom. The topological polar surface area (TPSA) is 24.5 Å². The van der Waals surface area contributed by atoms with Crippen LogP contribution in [-0.2, 0) is 4.74 Å². The van der Waals surface area contributed by atoms with Crippen molar-refractivity contribution in [2.75, 3.05) is 26.2 Å². The van der Waals surface area contributed by atoms with E-state index in [0.717, 1.165) is 13.1 Å². The highest BCUT2D eigenvalue weighted by molar-refractivity contribution is 4.90. The zero-order valence-corrected chi connectivity index (χ0v) is 12.6. The van der Waals surface area contributed by atoms with E-state index in [2.05, 4.69) is 37.9 Å². The molecule has 1 unspecified atom stereocenters. The second kappa shape index (κ2) is 5.48. The van der Waals surface area contributed by atoms with Gasteiger partial charge >= 0.3 is 0 Å². The number of nitrogens with one attached hydrogen (secondary N) is 1. The third-order valence-corrected chi connectivity index (χ3v) is 3.90. The van der Waals surface area contributed by atoms with Gasteiger partial charge in [0.25, 0.3) is 0 Å². The van der Waals surface area contributed by atoms with Gasteiger partial charge in [0.2, 0.25) is 0 Å². The largest absolute Gasteiger partial charge is 0.367 e. The average Bonchev–Trinajstić information content (AvgIpc) is 2.40. The van der Waals surface area contributed by atoms with E-state index >= 15 is 0 Å². The average molecular weight is 254 g/mol. The zero-order valence-electron chi connectivity index (χ0n) is 12.6. The molecule has 0 aromatic carbocycles. The molecular formula is C15H30N2O. The predicted octanol–water partition coefficient (Wildman–Crippen LogP) is 2.41. The van der Waals surface area contributed by atoms with Crippen LogP contribution < -0.4 is 5.32 Å². The maximum absolute atomic E-state index is 6.14. The van der Waals surface area contributed by atoms with E-state index < -0.39 is 0 Å². The molecule has 3 nitrogen and oxygen atoms in total. The van der Waals surface area contributed by atoms with Crippen LogP contribution in [0.3, 0.4) is 0 Å². The lowest BCUT2D eigenvalue weighted by molar-refractivity contribution is -0.181. The van der Waals surface area contributed by atoms with Crippen LogP contribution >= 0.6 is 0 Å². The van der Waals surface area contributed by atoms with Gasteiger partial charge in [0.05, 0.1) is 11.2 Å². The fourth-order valence-electron chi connectivity index (χ4n) is 3.64. The standard InChI is InChI=1S/C15H30N2O/c1-14(2)11-17(12-15(3,4)18-14)10-13-8-6-5-7-9-16-13/h13,16H,5-12H2,1-4H3. The van der Waals surface area contributed by atoms with Gasteiger partial charge in [-0.2, -0.15) is 0 Å². The van der Waals surface area contributed by atoms with Gasteiger partial charge in [-0.1, -0.05) is 12.8 Å². The van der Waals surface area contributed by atoms with Crippen LogP contribution in [0.5, 0.6) is 0 Å². The Hall–Kier alpha value is -0.120. The molecule has 0 spiro atoms. The summed E-state index contributed by atoms with van der Waals surface area (Å²) in [4.78, 5) is 2.59. The van der Waals surface area contributed by atoms with Gasteiger partial charge in [-0.15, -0.1) is 0 Å². The first-order chi connectivity index (χ1) is 8.36. The first-order valence-corrected chi connectivity index (χ1v) is 7.52. The molecule has 0 aromatic heterocycles. The van der Waals surface area contributed by atoms with Crippen LogP contribution in [0.25, 0.3) is 0 Å². The van der Waals surface area contributed by atoms with E-state index in [-0.39, 0.29) is 11.2 Å². The molecule has 106 valence electrons. The minimum absolute atomic E-state index is 0.0213. The van der Waals surface area contributed by atoms with Crippen molar-refractivity contribution in [3.63, 3.8) is 0 Å². The molecule has 2 fully saturated rings. The maximum atomic E-state index is 6.14. The van der Waals surface area contributed by atoms with Crippen molar-refractivity contribution in [1.29, 1.82) is 0 Å². The highest BCUT2D eigenvalue weighted by Gasteiger charge is 2.38. The van der Waals surface area contributed by atoms with E-state index in [1.54, 1.807) is 0 Å². The molecule has 1 N–H and O–H groups in total. The molecule has 0 bridgehead atoms. The van der Waals surface area contributed by atoms with Gasteiger partial charge in [0.1, 0.15) is 0 Å². The SMILES string of the molecule is CC1(C)CN(CC2CCCCCN2)CC(C)(C)O1. The third kappa shape index (κ3) is 4.22. The monoisotopic (exact) mass is 254 g/mol. The van der Waals surface area contributed by atoms with Crippen LogP contribution in [-0.4, -0.2) is 48.3 Å². The quantitative estimate of drug-likeness (QED) is 0.819. The van der Waals surface area contributed by atoms with E-state index in [1.807, 2.05) is 0 Å². The predicted molar refractivity (Wildman–Crippen MR) is 75.9 cm³/mol. The van der Waals surface area contributed by atoms with Crippen molar-refractivity contribution in [2.24, 2.45) is 0 Å². The summed E-state index contributed by atoms with van der Waals surface area (Å²) in [6.45, 7) is 13.3. The summed E-state index contributed by atoms with van der Waals surface area (Å²) in [7, 11) is 0. The Morgan fingerprint density at radius 3 is 2.39 bits per heavy atom. The summed E-state index contributed by atoms with van der Waals surface area (Å²) < 4.78 is 6.14. The van der Waals surface area contributed by atoms with Gasteiger partial charge in [-0.05, 0) is 47.1 Å². The van der Waals surface area contributed by atoms with Crippen LogP contribution in [0.2, 0.25) is 0 Å². The summed E-state index contributed by atoms with van der Waals surface area (Å²) in [5, 5.41) is 3.70. The van der Waals surface area contributed by atoms with Gasteiger partial charge in [0, 0.05) is 25.7 Å². The molecule has 0 radical (unpaired) electrons. The maximum Gasteiger partial charge on any atom is 0.0760 e. The summed E-state index contributed by atoms with van der Waals surface area (Å²) >= 11 is 0. The van der Waals surface area contributed by atoms with Crippen LogP contribution in [0.15, 0.2) is 0 Å². The smallest absolute Gasteiger partial charge is 0.0760 e. The van der Waals surface area contributed by atoms with Gasteiger partial charge in [-0.25, -0.2) is 0 Å². The number of hydrogen-bond acceptors (Lipinski definition) is 3. The molecule has 18 heavy (non-hydrogen) atoms. The van der Waals surface area contributed by atoms with Crippen molar-refractivity contribution in [3.8, 4) is 0 Å². The van der Waals surface area contributed by atoms with E-state index in [0.29, 0.717) is 6.04 Å². The third-order valence-electron chi connectivity index (χ3n) is 3.90. The van der Waals surface area contributed by atoms with Crippen molar-refractivity contribution >= 4 is 0 Å². The Balaban J connectivity index is 1.91. The minimum atomic E-state index is -0.0213. The molecule has 0 saturated carbocycles. The lowest BCUT2D eigenvalue weighted by atomic mass is 9.98. The van der Waals surface area contributed by atoms with E-state index in [9.17, 15) is 0 Å². The molecule has 0 amide bonds. The molecule has 2 saturated heterocycles. The van der Waals surface area contributed by atoms with Crippen molar-refractivity contribution in [1.82, 2.24) is 10.2 Å². The Bertz CT molecular complexity index is 252. The molecular weight excluding hydrogens is 224 g/mol. The molecule has 0 aromatic rings. The Labute approximate surface area is 112 Å². The fraction of sp³-hybridized carbons (Fsp3) is 1.00. The molecule has 2 heterocycles. The zero-order chi connectivity index (χ0) is 13.2. The van der Waals surface area contributed by atoms with E-state index in [4.69, 9.17) is 4.74 Å². The first kappa shape index (κ1) is 14.3. The molecule has 1 atom stereocenters. The van der Waals surface area contributed by atoms with Crippen LogP contribution in [0.4, 0.5) is 0 Å².